The van der Waals surface area contributed by atoms with Crippen molar-refractivity contribution < 1.29 is 9.50 Å². The van der Waals surface area contributed by atoms with E-state index in [2.05, 4.69) is 0 Å². The molecular formula is C13H8FNO. The fourth-order valence-corrected chi connectivity index (χ4v) is 1.51. The predicted octanol–water partition coefficient (Wildman–Crippen LogP) is 3.09. The van der Waals surface area contributed by atoms with E-state index in [4.69, 9.17) is 10.4 Å². The predicted molar refractivity (Wildman–Crippen MR) is 58.9 cm³/mol. The second-order valence-electron chi connectivity index (χ2n) is 3.37. The molecule has 3 heteroatoms. The van der Waals surface area contributed by atoms with Crippen molar-refractivity contribution in [3.63, 3.8) is 0 Å². The minimum absolute atomic E-state index is 0.0317. The minimum atomic E-state index is -0.532. The molecule has 1 aliphatic rings. The molecule has 1 aliphatic carbocycles. The molecule has 1 aromatic rings. The van der Waals surface area contributed by atoms with Crippen molar-refractivity contribution in [2.45, 2.75) is 0 Å². The Morgan fingerprint density at radius 3 is 2.69 bits per heavy atom. The maximum atomic E-state index is 13.3. The summed E-state index contributed by atoms with van der Waals surface area (Å²) in [7, 11) is 0. The van der Waals surface area contributed by atoms with Gasteiger partial charge in [0.25, 0.3) is 0 Å². The van der Waals surface area contributed by atoms with Crippen LogP contribution in [0.3, 0.4) is 0 Å². The van der Waals surface area contributed by atoms with E-state index in [-0.39, 0.29) is 5.56 Å². The third-order valence-corrected chi connectivity index (χ3v) is 2.35. The summed E-state index contributed by atoms with van der Waals surface area (Å²) in [6.07, 6.45) is 6.23. The molecule has 0 aromatic heterocycles. The van der Waals surface area contributed by atoms with Crippen LogP contribution in [0.1, 0.15) is 11.1 Å². The highest BCUT2D eigenvalue weighted by molar-refractivity contribution is 5.81. The summed E-state index contributed by atoms with van der Waals surface area (Å²) in [6, 6.07) is 6.21. The van der Waals surface area contributed by atoms with Gasteiger partial charge in [0, 0.05) is 5.57 Å². The standard InChI is InChI=1S/C13H8FNO/c14-13-6-11(3-4-12(13)7-15)10-2-1-9(5-10)8-16/h1-6,8,16H/b9-8-. The third kappa shape index (κ3) is 1.73. The summed E-state index contributed by atoms with van der Waals surface area (Å²) in [6.45, 7) is 0. The zero-order valence-electron chi connectivity index (χ0n) is 8.31. The smallest absolute Gasteiger partial charge is 0.141 e. The van der Waals surface area contributed by atoms with Gasteiger partial charge in [0.05, 0.1) is 11.8 Å². The van der Waals surface area contributed by atoms with Gasteiger partial charge >= 0.3 is 0 Å². The molecule has 0 unspecified atom stereocenters. The van der Waals surface area contributed by atoms with Gasteiger partial charge in [-0.25, -0.2) is 4.39 Å². The first-order valence-electron chi connectivity index (χ1n) is 4.69. The summed E-state index contributed by atoms with van der Waals surface area (Å²) in [5, 5.41) is 17.4. The molecule has 0 aliphatic heterocycles. The van der Waals surface area contributed by atoms with Crippen molar-refractivity contribution in [2.75, 3.05) is 0 Å². The maximum Gasteiger partial charge on any atom is 0.141 e. The Morgan fingerprint density at radius 1 is 1.31 bits per heavy atom. The number of rotatable bonds is 1. The van der Waals surface area contributed by atoms with Crippen LogP contribution in [0.25, 0.3) is 5.57 Å². The Labute approximate surface area is 92.3 Å². The SMILES string of the molecule is N#Cc1ccc(C2=C/C(=C\O)C=C2)cc1F. The fourth-order valence-electron chi connectivity index (χ4n) is 1.51. The molecule has 2 nitrogen and oxygen atoms in total. The molecule has 2 rings (SSSR count). The van der Waals surface area contributed by atoms with E-state index in [1.807, 2.05) is 0 Å². The molecule has 0 bridgehead atoms. The molecule has 0 saturated carbocycles. The molecule has 1 aromatic carbocycles. The van der Waals surface area contributed by atoms with Gasteiger partial charge in [-0.05, 0) is 29.3 Å². The number of halogens is 1. The van der Waals surface area contributed by atoms with Crippen LogP contribution in [0.15, 0.2) is 48.3 Å². The molecule has 0 spiro atoms. The Balaban J connectivity index is 2.42. The Hall–Kier alpha value is -2.34. The summed E-state index contributed by atoms with van der Waals surface area (Å²) in [5.41, 5.74) is 2.19. The monoisotopic (exact) mass is 213 g/mol. The molecule has 0 atom stereocenters. The number of benzene rings is 1. The van der Waals surface area contributed by atoms with E-state index in [0.717, 1.165) is 11.8 Å². The van der Waals surface area contributed by atoms with E-state index >= 15 is 0 Å². The molecule has 0 heterocycles. The van der Waals surface area contributed by atoms with Gasteiger partial charge in [0.2, 0.25) is 0 Å². The van der Waals surface area contributed by atoms with Crippen LogP contribution in [0.4, 0.5) is 4.39 Å². The summed E-state index contributed by atoms with van der Waals surface area (Å²) in [4.78, 5) is 0. The summed E-state index contributed by atoms with van der Waals surface area (Å²) in [5.74, 6) is -0.532. The van der Waals surface area contributed by atoms with Gasteiger partial charge in [0.15, 0.2) is 0 Å². The largest absolute Gasteiger partial charge is 0.515 e. The number of nitrogens with zero attached hydrogens (tertiary/aromatic N) is 1. The Kier molecular flexibility index (Phi) is 2.57. The average Bonchev–Trinajstić information content (AvgIpc) is 2.77. The highest BCUT2D eigenvalue weighted by Gasteiger charge is 2.08. The van der Waals surface area contributed by atoms with Crippen molar-refractivity contribution in [2.24, 2.45) is 0 Å². The second kappa shape index (κ2) is 4.03. The molecule has 0 saturated heterocycles. The molecular weight excluding hydrogens is 205 g/mol. The lowest BCUT2D eigenvalue weighted by molar-refractivity contribution is 0.471. The van der Waals surface area contributed by atoms with Gasteiger partial charge in [-0.2, -0.15) is 5.26 Å². The molecule has 78 valence electrons. The van der Waals surface area contributed by atoms with Crippen LogP contribution < -0.4 is 0 Å². The fraction of sp³-hybridized carbons (Fsp3) is 0. The topological polar surface area (TPSA) is 44.0 Å². The van der Waals surface area contributed by atoms with Crippen molar-refractivity contribution in [3.8, 4) is 6.07 Å². The lowest BCUT2D eigenvalue weighted by atomic mass is 10.0. The van der Waals surface area contributed by atoms with E-state index < -0.39 is 5.82 Å². The van der Waals surface area contributed by atoms with Gasteiger partial charge in [-0.15, -0.1) is 0 Å². The number of hydrogen-bond donors (Lipinski definition) is 1. The number of hydrogen-bond acceptors (Lipinski definition) is 2. The van der Waals surface area contributed by atoms with Gasteiger partial charge in [0.1, 0.15) is 11.9 Å². The maximum absolute atomic E-state index is 13.3. The first-order valence-corrected chi connectivity index (χ1v) is 4.69. The van der Waals surface area contributed by atoms with Crippen molar-refractivity contribution >= 4 is 5.57 Å². The first kappa shape index (κ1) is 10.2. The molecule has 0 radical (unpaired) electrons. The van der Waals surface area contributed by atoms with Crippen molar-refractivity contribution in [1.82, 2.24) is 0 Å². The van der Waals surface area contributed by atoms with Crippen LogP contribution >= 0.6 is 0 Å². The van der Waals surface area contributed by atoms with Crippen LogP contribution in [0.2, 0.25) is 0 Å². The Morgan fingerprint density at radius 2 is 2.12 bits per heavy atom. The van der Waals surface area contributed by atoms with Crippen LogP contribution in [0.5, 0.6) is 0 Å². The highest BCUT2D eigenvalue weighted by Crippen LogP contribution is 2.25. The molecule has 0 amide bonds. The number of aliphatic hydroxyl groups is 1. The lowest BCUT2D eigenvalue weighted by Crippen LogP contribution is -1.86. The van der Waals surface area contributed by atoms with E-state index in [0.29, 0.717) is 11.1 Å². The van der Waals surface area contributed by atoms with Crippen molar-refractivity contribution in [1.29, 1.82) is 5.26 Å². The van der Waals surface area contributed by atoms with Gasteiger partial charge < -0.3 is 5.11 Å². The molecule has 0 fully saturated rings. The number of allylic oxidation sites excluding steroid dienone is 5. The van der Waals surface area contributed by atoms with E-state index in [1.165, 1.54) is 12.1 Å². The van der Waals surface area contributed by atoms with Gasteiger partial charge in [-0.1, -0.05) is 18.2 Å². The third-order valence-electron chi connectivity index (χ3n) is 2.35. The van der Waals surface area contributed by atoms with Crippen LogP contribution in [0, 0.1) is 17.1 Å². The molecule has 1 N–H and O–H groups in total. The highest BCUT2D eigenvalue weighted by atomic mass is 19.1. The van der Waals surface area contributed by atoms with Crippen LogP contribution in [-0.2, 0) is 0 Å². The quantitative estimate of drug-likeness (QED) is 0.728. The van der Waals surface area contributed by atoms with Crippen LogP contribution in [-0.4, -0.2) is 5.11 Å². The number of nitriles is 1. The Bertz CT molecular complexity index is 562. The molecule has 16 heavy (non-hydrogen) atoms. The summed E-state index contributed by atoms with van der Waals surface area (Å²) >= 11 is 0. The zero-order valence-corrected chi connectivity index (χ0v) is 8.31. The lowest BCUT2D eigenvalue weighted by Gasteiger charge is -2.00. The summed E-state index contributed by atoms with van der Waals surface area (Å²) < 4.78 is 13.3. The van der Waals surface area contributed by atoms with Crippen molar-refractivity contribution in [3.05, 3.63) is 65.2 Å². The number of aliphatic hydroxyl groups excluding tert-OH is 1. The van der Waals surface area contributed by atoms with Gasteiger partial charge in [-0.3, -0.25) is 0 Å². The van der Waals surface area contributed by atoms with E-state index in [1.54, 1.807) is 30.4 Å². The zero-order chi connectivity index (χ0) is 11.5. The first-order chi connectivity index (χ1) is 7.74. The average molecular weight is 213 g/mol. The minimum Gasteiger partial charge on any atom is -0.515 e. The van der Waals surface area contributed by atoms with E-state index in [9.17, 15) is 4.39 Å². The second-order valence-corrected chi connectivity index (χ2v) is 3.37. The normalized spacial score (nSPS) is 16.2.